The predicted octanol–water partition coefficient (Wildman–Crippen LogP) is 3.70. The number of aliphatic hydroxyl groups excluding tert-OH is 2. The molecule has 2 heterocycles. The van der Waals surface area contributed by atoms with Gasteiger partial charge in [0.15, 0.2) is 11.5 Å². The van der Waals surface area contributed by atoms with Gasteiger partial charge in [-0.15, -0.1) is 0 Å². The predicted molar refractivity (Wildman–Crippen MR) is 119 cm³/mol. The van der Waals surface area contributed by atoms with Gasteiger partial charge in [-0.1, -0.05) is 6.07 Å². The van der Waals surface area contributed by atoms with Crippen molar-refractivity contribution in [2.75, 3.05) is 33.9 Å². The van der Waals surface area contributed by atoms with Gasteiger partial charge < -0.3 is 29.3 Å². The summed E-state index contributed by atoms with van der Waals surface area (Å²) in [5.74, 6) is 2.09. The van der Waals surface area contributed by atoms with Crippen molar-refractivity contribution in [3.05, 3.63) is 52.6 Å². The Morgan fingerprint density at radius 1 is 1.06 bits per heavy atom. The van der Waals surface area contributed by atoms with Crippen LogP contribution in [-0.4, -0.2) is 54.6 Å². The molecule has 2 aromatic carbocycles. The summed E-state index contributed by atoms with van der Waals surface area (Å²) in [4.78, 5) is 2.26. The van der Waals surface area contributed by atoms with Crippen molar-refractivity contribution >= 4 is 0 Å². The number of hydrogen-bond donors (Lipinski definition) is 2. The van der Waals surface area contributed by atoms with Crippen LogP contribution in [-0.2, 0) is 0 Å². The lowest BCUT2D eigenvalue weighted by Crippen LogP contribution is -2.51. The highest BCUT2D eigenvalue weighted by Crippen LogP contribution is 2.45. The lowest BCUT2D eigenvalue weighted by Gasteiger charge is -2.46. The smallest absolute Gasteiger partial charge is 0.161 e. The molecule has 0 unspecified atom stereocenters. The minimum Gasteiger partial charge on any atom is -0.493 e. The Bertz CT molecular complexity index is 936. The third-order valence-corrected chi connectivity index (χ3v) is 6.87. The van der Waals surface area contributed by atoms with Crippen LogP contribution in [0.1, 0.15) is 53.7 Å². The van der Waals surface area contributed by atoms with Crippen LogP contribution < -0.4 is 14.2 Å². The lowest BCUT2D eigenvalue weighted by atomic mass is 9.81. The number of piperidine rings is 1. The van der Waals surface area contributed by atoms with Crippen molar-refractivity contribution in [2.45, 2.75) is 50.9 Å². The van der Waals surface area contributed by atoms with Crippen LogP contribution >= 0.6 is 0 Å². The Kier molecular flexibility index (Phi) is 6.15. The molecule has 0 amide bonds. The topological polar surface area (TPSA) is 71.4 Å². The molecule has 0 aliphatic carbocycles. The maximum Gasteiger partial charge on any atom is 0.161 e. The van der Waals surface area contributed by atoms with Crippen LogP contribution in [0.25, 0.3) is 0 Å². The summed E-state index contributed by atoms with van der Waals surface area (Å²) in [6, 6.07) is 9.63. The average molecular weight is 428 g/mol. The number of aryl methyl sites for hydroxylation is 2. The lowest BCUT2D eigenvalue weighted by molar-refractivity contribution is -0.0588. The molecule has 2 aliphatic rings. The molecule has 0 saturated carbocycles. The van der Waals surface area contributed by atoms with Crippen molar-refractivity contribution in [1.29, 1.82) is 0 Å². The molecule has 1 fully saturated rings. The van der Waals surface area contributed by atoms with Crippen LogP contribution in [0.5, 0.6) is 17.2 Å². The fourth-order valence-corrected chi connectivity index (χ4v) is 4.76. The maximum atomic E-state index is 10.8. The molecule has 2 N–H and O–H groups in total. The molecule has 2 aromatic rings. The SMILES string of the molecule is COc1ccc([C@H](O)CN2CCC3(CC2)C[C@H](O)c2cc(C)c(C)cc2O3)cc1OC. The number of hydrogen-bond acceptors (Lipinski definition) is 6. The van der Waals surface area contributed by atoms with E-state index in [9.17, 15) is 10.2 Å². The van der Waals surface area contributed by atoms with Gasteiger partial charge in [0.1, 0.15) is 11.4 Å². The minimum atomic E-state index is -0.613. The summed E-state index contributed by atoms with van der Waals surface area (Å²) in [5, 5.41) is 21.6. The highest BCUT2D eigenvalue weighted by molar-refractivity contribution is 5.45. The van der Waals surface area contributed by atoms with E-state index in [1.807, 2.05) is 18.2 Å². The van der Waals surface area contributed by atoms with E-state index in [2.05, 4.69) is 30.9 Å². The molecule has 0 aromatic heterocycles. The van der Waals surface area contributed by atoms with Gasteiger partial charge in [0, 0.05) is 31.6 Å². The number of likely N-dealkylation sites (tertiary alicyclic amines) is 1. The van der Waals surface area contributed by atoms with E-state index >= 15 is 0 Å². The molecule has 4 rings (SSSR count). The van der Waals surface area contributed by atoms with E-state index < -0.39 is 12.2 Å². The molecule has 0 radical (unpaired) electrons. The van der Waals surface area contributed by atoms with Gasteiger partial charge in [0.2, 0.25) is 0 Å². The molecular formula is C25H33NO5. The monoisotopic (exact) mass is 427 g/mol. The summed E-state index contributed by atoms with van der Waals surface area (Å²) >= 11 is 0. The number of β-amino-alcohol motifs (C(OH)–C–C–N with tert-alkyl or cyclic N) is 1. The van der Waals surface area contributed by atoms with Gasteiger partial charge in [-0.2, -0.15) is 0 Å². The first-order valence-electron chi connectivity index (χ1n) is 10.9. The first-order valence-corrected chi connectivity index (χ1v) is 10.9. The fourth-order valence-electron chi connectivity index (χ4n) is 4.76. The normalized spacial score (nSPS) is 21.3. The number of aliphatic hydroxyl groups is 2. The number of nitrogens with zero attached hydrogens (tertiary/aromatic N) is 1. The summed E-state index contributed by atoms with van der Waals surface area (Å²) in [6.07, 6.45) is 1.17. The van der Waals surface area contributed by atoms with Gasteiger partial charge in [0.05, 0.1) is 26.4 Å². The zero-order chi connectivity index (χ0) is 22.2. The molecule has 0 bridgehead atoms. The maximum absolute atomic E-state index is 10.8. The Labute approximate surface area is 184 Å². The largest absolute Gasteiger partial charge is 0.493 e. The van der Waals surface area contributed by atoms with Crippen LogP contribution in [0.2, 0.25) is 0 Å². The third kappa shape index (κ3) is 4.38. The standard InChI is InChI=1S/C25H33NO5/c1-16-11-19-20(27)14-25(31-23(19)12-17(16)2)7-9-26(10-8-25)15-21(28)18-5-6-22(29-3)24(13-18)30-4/h5-6,11-13,20-21,27-28H,7-10,14-15H2,1-4H3/t20-,21+/m0/s1. The molecule has 6 heteroatoms. The van der Waals surface area contributed by atoms with E-state index in [-0.39, 0.29) is 5.60 Å². The molecule has 31 heavy (non-hydrogen) atoms. The first-order chi connectivity index (χ1) is 14.8. The summed E-state index contributed by atoms with van der Waals surface area (Å²) in [5.41, 5.74) is 3.73. The molecule has 1 saturated heterocycles. The highest BCUT2D eigenvalue weighted by Gasteiger charge is 2.43. The second-order valence-electron chi connectivity index (χ2n) is 8.91. The zero-order valence-electron chi connectivity index (χ0n) is 18.9. The van der Waals surface area contributed by atoms with Crippen molar-refractivity contribution in [3.8, 4) is 17.2 Å². The van der Waals surface area contributed by atoms with Crippen molar-refractivity contribution in [1.82, 2.24) is 4.90 Å². The number of ether oxygens (including phenoxy) is 3. The van der Waals surface area contributed by atoms with Crippen molar-refractivity contribution in [3.63, 3.8) is 0 Å². The molecule has 168 valence electrons. The Balaban J connectivity index is 1.40. The van der Waals surface area contributed by atoms with E-state index in [1.165, 1.54) is 11.1 Å². The van der Waals surface area contributed by atoms with E-state index in [0.29, 0.717) is 24.5 Å². The molecule has 2 atom stereocenters. The van der Waals surface area contributed by atoms with Crippen LogP contribution in [0, 0.1) is 13.8 Å². The van der Waals surface area contributed by atoms with Gasteiger partial charge in [-0.3, -0.25) is 0 Å². The van der Waals surface area contributed by atoms with Crippen LogP contribution in [0.3, 0.4) is 0 Å². The number of fused-ring (bicyclic) bond motifs is 1. The number of methoxy groups -OCH3 is 2. The van der Waals surface area contributed by atoms with Gasteiger partial charge in [-0.05, 0) is 67.6 Å². The van der Waals surface area contributed by atoms with Crippen molar-refractivity contribution in [2.24, 2.45) is 0 Å². The first kappa shape index (κ1) is 21.9. The van der Waals surface area contributed by atoms with E-state index in [1.54, 1.807) is 14.2 Å². The Morgan fingerprint density at radius 3 is 2.42 bits per heavy atom. The van der Waals surface area contributed by atoms with Gasteiger partial charge >= 0.3 is 0 Å². The van der Waals surface area contributed by atoms with E-state index in [0.717, 1.165) is 42.8 Å². The quantitative estimate of drug-likeness (QED) is 0.758. The average Bonchev–Trinajstić information content (AvgIpc) is 2.76. The minimum absolute atomic E-state index is 0.334. The fraction of sp³-hybridized carbons (Fsp3) is 0.520. The number of benzene rings is 2. The van der Waals surface area contributed by atoms with Crippen LogP contribution in [0.15, 0.2) is 30.3 Å². The summed E-state index contributed by atoms with van der Waals surface area (Å²) < 4.78 is 17.1. The molecule has 1 spiro atoms. The summed E-state index contributed by atoms with van der Waals surface area (Å²) in [7, 11) is 3.19. The zero-order valence-corrected chi connectivity index (χ0v) is 18.9. The van der Waals surface area contributed by atoms with Gasteiger partial charge in [-0.25, -0.2) is 0 Å². The second-order valence-corrected chi connectivity index (χ2v) is 8.91. The Hall–Kier alpha value is -2.28. The van der Waals surface area contributed by atoms with Crippen molar-refractivity contribution < 1.29 is 24.4 Å². The third-order valence-electron chi connectivity index (χ3n) is 6.87. The van der Waals surface area contributed by atoms with Crippen LogP contribution in [0.4, 0.5) is 0 Å². The summed E-state index contributed by atoms with van der Waals surface area (Å²) in [6.45, 7) is 6.32. The Morgan fingerprint density at radius 2 is 1.74 bits per heavy atom. The van der Waals surface area contributed by atoms with Gasteiger partial charge in [0.25, 0.3) is 0 Å². The number of rotatable bonds is 5. The van der Waals surface area contributed by atoms with E-state index in [4.69, 9.17) is 14.2 Å². The second kappa shape index (κ2) is 8.69. The molecule has 6 nitrogen and oxygen atoms in total. The highest BCUT2D eigenvalue weighted by atomic mass is 16.5. The molecule has 2 aliphatic heterocycles. The molecular weight excluding hydrogens is 394 g/mol.